The molecule has 0 spiro atoms. The zero-order chi connectivity index (χ0) is 23.5. The number of hydrogen-bond acceptors (Lipinski definition) is 5. The minimum Gasteiger partial charge on any atom is -0.493 e. The summed E-state index contributed by atoms with van der Waals surface area (Å²) in [5.41, 5.74) is 2.37. The third-order valence-electron chi connectivity index (χ3n) is 5.35. The van der Waals surface area contributed by atoms with E-state index in [-0.39, 0.29) is 25.0 Å². The Morgan fingerprint density at radius 2 is 1.73 bits per heavy atom. The van der Waals surface area contributed by atoms with Crippen molar-refractivity contribution in [3.05, 3.63) is 74.6 Å². The van der Waals surface area contributed by atoms with Gasteiger partial charge in [0, 0.05) is 9.13 Å². The molecule has 1 atom stereocenters. The molecular formula is C24H25IN4O4. The van der Waals surface area contributed by atoms with Crippen LogP contribution in [0.25, 0.3) is 22.5 Å². The topological polar surface area (TPSA) is 116 Å². The number of halogens is 1. The number of hydrogen-bond donors (Lipinski definition) is 4. The fraction of sp³-hybridized carbons (Fsp3) is 0.250. The van der Waals surface area contributed by atoms with Crippen molar-refractivity contribution in [1.29, 1.82) is 0 Å². The molecule has 0 amide bonds. The molecule has 2 aromatic heterocycles. The van der Waals surface area contributed by atoms with Crippen molar-refractivity contribution in [2.75, 3.05) is 13.2 Å². The molecule has 2 aromatic carbocycles. The lowest BCUT2D eigenvalue weighted by atomic mass is 10.0. The SMILES string of the molecule is CC(C)[C@@H](c1ncc(-c2ccc(I)cc2)[nH]1)n1c(O)c(-c2ccc(OCCO)cc2)[nH]c1=O. The Labute approximate surface area is 204 Å². The number of H-pyrrole nitrogens is 2. The Balaban J connectivity index is 1.69. The Bertz CT molecular complexity index is 1270. The van der Waals surface area contributed by atoms with Crippen molar-refractivity contribution in [2.24, 2.45) is 5.92 Å². The molecule has 0 aliphatic carbocycles. The summed E-state index contributed by atoms with van der Waals surface area (Å²) in [6.07, 6.45) is 1.74. The smallest absolute Gasteiger partial charge is 0.329 e. The van der Waals surface area contributed by atoms with Crippen molar-refractivity contribution >= 4 is 22.6 Å². The van der Waals surface area contributed by atoms with Crippen LogP contribution in [0, 0.1) is 9.49 Å². The maximum Gasteiger partial charge on any atom is 0.329 e. The number of aromatic hydroxyl groups is 1. The molecule has 0 saturated carbocycles. The van der Waals surface area contributed by atoms with E-state index in [2.05, 4.69) is 37.5 Å². The van der Waals surface area contributed by atoms with E-state index in [4.69, 9.17) is 9.84 Å². The molecule has 0 aliphatic rings. The Kier molecular flexibility index (Phi) is 6.89. The summed E-state index contributed by atoms with van der Waals surface area (Å²) >= 11 is 2.26. The molecular weight excluding hydrogens is 535 g/mol. The van der Waals surface area contributed by atoms with Crippen LogP contribution in [0.3, 0.4) is 0 Å². The van der Waals surface area contributed by atoms with Crippen molar-refractivity contribution in [1.82, 2.24) is 19.5 Å². The van der Waals surface area contributed by atoms with Gasteiger partial charge in [0.15, 0.2) is 0 Å². The number of nitrogens with zero attached hydrogens (tertiary/aromatic N) is 2. The highest BCUT2D eigenvalue weighted by Gasteiger charge is 2.28. The van der Waals surface area contributed by atoms with Crippen molar-refractivity contribution in [3.63, 3.8) is 0 Å². The Morgan fingerprint density at radius 1 is 1.06 bits per heavy atom. The third kappa shape index (κ3) is 4.83. The van der Waals surface area contributed by atoms with Crippen LogP contribution < -0.4 is 10.4 Å². The van der Waals surface area contributed by atoms with Gasteiger partial charge in [-0.05, 0) is 70.5 Å². The highest BCUT2D eigenvalue weighted by atomic mass is 127. The number of aliphatic hydroxyl groups excluding tert-OH is 1. The van der Waals surface area contributed by atoms with Crippen molar-refractivity contribution in [3.8, 4) is 34.1 Å². The molecule has 172 valence electrons. The molecule has 0 aliphatic heterocycles. The largest absolute Gasteiger partial charge is 0.493 e. The molecule has 2 heterocycles. The Hall–Kier alpha value is -3.05. The lowest BCUT2D eigenvalue weighted by Crippen LogP contribution is -2.27. The number of aliphatic hydroxyl groups is 1. The monoisotopic (exact) mass is 560 g/mol. The van der Waals surface area contributed by atoms with Crippen LogP contribution in [0.4, 0.5) is 0 Å². The second-order valence-corrected chi connectivity index (χ2v) is 9.22. The molecule has 0 radical (unpaired) electrons. The minimum atomic E-state index is -0.493. The van der Waals surface area contributed by atoms with E-state index < -0.39 is 11.7 Å². The predicted octanol–water partition coefficient (Wildman–Crippen LogP) is 4.16. The normalized spacial score (nSPS) is 12.3. The third-order valence-corrected chi connectivity index (χ3v) is 6.07. The summed E-state index contributed by atoms with van der Waals surface area (Å²) in [5.74, 6) is 0.999. The van der Waals surface area contributed by atoms with E-state index in [9.17, 15) is 9.90 Å². The number of nitrogens with one attached hydrogen (secondary N) is 2. The van der Waals surface area contributed by atoms with E-state index in [1.807, 2.05) is 38.1 Å². The van der Waals surface area contributed by atoms with Crippen LogP contribution in [0.2, 0.25) is 0 Å². The second kappa shape index (κ2) is 9.84. The van der Waals surface area contributed by atoms with E-state index in [0.717, 1.165) is 14.8 Å². The second-order valence-electron chi connectivity index (χ2n) is 7.97. The van der Waals surface area contributed by atoms with Gasteiger partial charge < -0.3 is 24.9 Å². The maximum atomic E-state index is 12.9. The van der Waals surface area contributed by atoms with Crippen LogP contribution in [-0.2, 0) is 0 Å². The van der Waals surface area contributed by atoms with Crippen LogP contribution in [0.5, 0.6) is 11.6 Å². The van der Waals surface area contributed by atoms with Gasteiger partial charge in [-0.2, -0.15) is 0 Å². The fourth-order valence-electron chi connectivity index (χ4n) is 3.78. The molecule has 0 bridgehead atoms. The number of aromatic nitrogens is 4. The standard InChI is InChI=1S/C24H25IN4O4/c1-14(2)21(22-26-13-19(27-22)15-3-7-17(25)8-4-15)29-23(31)20(28-24(29)32)16-5-9-18(10-6-16)33-12-11-30/h3-10,13-14,21,30-31H,11-12H2,1-2H3,(H,26,27)(H,28,32)/t21-/m0/s1. The van der Waals surface area contributed by atoms with Gasteiger partial charge in [-0.25, -0.2) is 9.78 Å². The summed E-state index contributed by atoms with van der Waals surface area (Å²) in [6, 6.07) is 14.5. The first-order valence-electron chi connectivity index (χ1n) is 10.6. The van der Waals surface area contributed by atoms with Gasteiger partial charge in [-0.1, -0.05) is 26.0 Å². The van der Waals surface area contributed by atoms with Crippen molar-refractivity contribution in [2.45, 2.75) is 19.9 Å². The number of rotatable bonds is 8. The summed E-state index contributed by atoms with van der Waals surface area (Å²) < 4.78 is 7.85. The van der Waals surface area contributed by atoms with Gasteiger partial charge in [0.25, 0.3) is 0 Å². The highest BCUT2D eigenvalue weighted by Crippen LogP contribution is 2.34. The zero-order valence-corrected chi connectivity index (χ0v) is 20.4. The first-order valence-corrected chi connectivity index (χ1v) is 11.6. The summed E-state index contributed by atoms with van der Waals surface area (Å²) in [6.45, 7) is 4.07. The lowest BCUT2D eigenvalue weighted by molar-refractivity contribution is 0.201. The van der Waals surface area contributed by atoms with Gasteiger partial charge in [-0.15, -0.1) is 0 Å². The maximum absolute atomic E-state index is 12.9. The van der Waals surface area contributed by atoms with Crippen LogP contribution in [0.15, 0.2) is 59.5 Å². The molecule has 0 unspecified atom stereocenters. The van der Waals surface area contributed by atoms with Gasteiger partial charge >= 0.3 is 5.69 Å². The van der Waals surface area contributed by atoms with Gasteiger partial charge in [-0.3, -0.25) is 4.57 Å². The number of aromatic amines is 2. The number of ether oxygens (including phenoxy) is 1. The van der Waals surface area contributed by atoms with Crippen LogP contribution in [-0.4, -0.2) is 42.9 Å². The molecule has 33 heavy (non-hydrogen) atoms. The molecule has 8 nitrogen and oxygen atoms in total. The summed E-state index contributed by atoms with van der Waals surface area (Å²) in [7, 11) is 0. The zero-order valence-electron chi connectivity index (χ0n) is 18.2. The number of benzene rings is 2. The van der Waals surface area contributed by atoms with Gasteiger partial charge in [0.2, 0.25) is 5.88 Å². The average Bonchev–Trinajstić information content (AvgIpc) is 3.39. The molecule has 0 fully saturated rings. The predicted molar refractivity (Wildman–Crippen MR) is 134 cm³/mol. The molecule has 9 heteroatoms. The van der Waals surface area contributed by atoms with E-state index in [0.29, 0.717) is 22.8 Å². The highest BCUT2D eigenvalue weighted by molar-refractivity contribution is 14.1. The minimum absolute atomic E-state index is 0.0257. The van der Waals surface area contributed by atoms with E-state index in [1.165, 1.54) is 4.57 Å². The number of imidazole rings is 2. The van der Waals surface area contributed by atoms with Crippen molar-refractivity contribution < 1.29 is 14.9 Å². The average molecular weight is 560 g/mol. The molecule has 4 N–H and O–H groups in total. The first-order chi connectivity index (χ1) is 15.9. The molecule has 4 rings (SSSR count). The quantitative estimate of drug-likeness (QED) is 0.242. The van der Waals surface area contributed by atoms with Gasteiger partial charge in [0.1, 0.15) is 29.9 Å². The summed E-state index contributed by atoms with van der Waals surface area (Å²) in [4.78, 5) is 23.6. The van der Waals surface area contributed by atoms with Crippen LogP contribution >= 0.6 is 22.6 Å². The molecule has 4 aromatic rings. The molecule has 0 saturated heterocycles. The summed E-state index contributed by atoms with van der Waals surface area (Å²) in [5, 5.41) is 19.9. The fourth-order valence-corrected chi connectivity index (χ4v) is 4.14. The van der Waals surface area contributed by atoms with E-state index in [1.54, 1.807) is 30.5 Å². The van der Waals surface area contributed by atoms with Gasteiger partial charge in [0.05, 0.1) is 18.5 Å². The lowest BCUT2D eigenvalue weighted by Gasteiger charge is -2.20. The van der Waals surface area contributed by atoms with E-state index >= 15 is 0 Å². The van der Waals surface area contributed by atoms with Crippen LogP contribution in [0.1, 0.15) is 25.7 Å². The first kappa shape index (κ1) is 23.1. The Morgan fingerprint density at radius 3 is 2.36 bits per heavy atom.